The fourth-order valence-electron chi connectivity index (χ4n) is 2.98. The molecule has 0 aliphatic heterocycles. The second-order valence-electron chi connectivity index (χ2n) is 5.12. The standard InChI is InChI=1S/C15H19N3/c1-2-18-10-9-17-14(18)11-15(16)8-7-12-5-3-4-6-13(12)15/h3-6,9-10H,2,7-8,11,16H2,1H3. The number of hydrogen-bond acceptors (Lipinski definition) is 2. The van der Waals surface area contributed by atoms with Gasteiger partial charge >= 0.3 is 0 Å². The Kier molecular flexibility index (Phi) is 2.71. The SMILES string of the molecule is CCn1ccnc1CC1(N)CCc2ccccc21. The molecule has 3 heteroatoms. The third kappa shape index (κ3) is 1.75. The minimum Gasteiger partial charge on any atom is -0.335 e. The molecule has 1 aliphatic carbocycles. The van der Waals surface area contributed by atoms with E-state index in [2.05, 4.69) is 40.7 Å². The van der Waals surface area contributed by atoms with Crippen molar-refractivity contribution in [3.8, 4) is 0 Å². The normalized spacial score (nSPS) is 22.1. The van der Waals surface area contributed by atoms with E-state index in [-0.39, 0.29) is 5.54 Å². The molecule has 1 atom stereocenters. The average molecular weight is 241 g/mol. The predicted molar refractivity (Wildman–Crippen MR) is 72.2 cm³/mol. The Balaban J connectivity index is 1.94. The summed E-state index contributed by atoms with van der Waals surface area (Å²) in [5, 5.41) is 0. The van der Waals surface area contributed by atoms with E-state index < -0.39 is 0 Å². The van der Waals surface area contributed by atoms with E-state index in [4.69, 9.17) is 5.73 Å². The molecule has 0 saturated carbocycles. The lowest BCUT2D eigenvalue weighted by molar-refractivity contribution is 0.420. The number of aryl methyl sites for hydroxylation is 2. The van der Waals surface area contributed by atoms with Crippen LogP contribution in [-0.4, -0.2) is 9.55 Å². The molecule has 3 rings (SSSR count). The van der Waals surface area contributed by atoms with Gasteiger partial charge in [-0.05, 0) is 30.9 Å². The monoisotopic (exact) mass is 241 g/mol. The van der Waals surface area contributed by atoms with E-state index in [1.165, 1.54) is 11.1 Å². The number of fused-ring (bicyclic) bond motifs is 1. The van der Waals surface area contributed by atoms with E-state index in [0.29, 0.717) is 0 Å². The molecule has 0 saturated heterocycles. The van der Waals surface area contributed by atoms with Crippen LogP contribution in [-0.2, 0) is 24.9 Å². The molecule has 0 bridgehead atoms. The van der Waals surface area contributed by atoms with E-state index in [9.17, 15) is 0 Å². The largest absolute Gasteiger partial charge is 0.335 e. The van der Waals surface area contributed by atoms with Crippen molar-refractivity contribution in [2.45, 2.75) is 38.3 Å². The van der Waals surface area contributed by atoms with Gasteiger partial charge in [-0.15, -0.1) is 0 Å². The van der Waals surface area contributed by atoms with Crippen LogP contribution in [0.5, 0.6) is 0 Å². The molecule has 3 nitrogen and oxygen atoms in total. The third-order valence-electron chi connectivity index (χ3n) is 4.01. The summed E-state index contributed by atoms with van der Waals surface area (Å²) >= 11 is 0. The zero-order chi connectivity index (χ0) is 12.6. The molecule has 1 aliphatic rings. The molecule has 94 valence electrons. The number of hydrogen-bond donors (Lipinski definition) is 1. The second kappa shape index (κ2) is 4.25. The van der Waals surface area contributed by atoms with Gasteiger partial charge in [0.05, 0.1) is 0 Å². The van der Waals surface area contributed by atoms with Crippen molar-refractivity contribution >= 4 is 0 Å². The smallest absolute Gasteiger partial charge is 0.110 e. The van der Waals surface area contributed by atoms with Crippen molar-refractivity contribution in [2.24, 2.45) is 5.73 Å². The van der Waals surface area contributed by atoms with Crippen molar-refractivity contribution in [1.82, 2.24) is 9.55 Å². The first kappa shape index (κ1) is 11.5. The molecule has 1 heterocycles. The molecule has 0 spiro atoms. The molecule has 18 heavy (non-hydrogen) atoms. The van der Waals surface area contributed by atoms with Crippen molar-refractivity contribution in [1.29, 1.82) is 0 Å². The van der Waals surface area contributed by atoms with Crippen LogP contribution in [0.2, 0.25) is 0 Å². The Morgan fingerprint density at radius 1 is 1.39 bits per heavy atom. The second-order valence-corrected chi connectivity index (χ2v) is 5.12. The van der Waals surface area contributed by atoms with Gasteiger partial charge in [-0.2, -0.15) is 0 Å². The number of nitrogens with zero attached hydrogens (tertiary/aromatic N) is 2. The highest BCUT2D eigenvalue weighted by molar-refractivity contribution is 5.39. The molecule has 1 aromatic heterocycles. The Morgan fingerprint density at radius 2 is 2.22 bits per heavy atom. The summed E-state index contributed by atoms with van der Waals surface area (Å²) in [6.45, 7) is 3.09. The topological polar surface area (TPSA) is 43.8 Å². The van der Waals surface area contributed by atoms with Crippen molar-refractivity contribution in [3.05, 3.63) is 53.6 Å². The van der Waals surface area contributed by atoms with Crippen LogP contribution in [0.15, 0.2) is 36.7 Å². The summed E-state index contributed by atoms with van der Waals surface area (Å²) in [5.74, 6) is 1.09. The Morgan fingerprint density at radius 3 is 3.06 bits per heavy atom. The average Bonchev–Trinajstić information content (AvgIpc) is 2.96. The number of nitrogens with two attached hydrogens (primary N) is 1. The molecule has 1 aromatic carbocycles. The summed E-state index contributed by atoms with van der Waals surface area (Å²) in [5.41, 5.74) is 9.09. The molecular formula is C15H19N3. The highest BCUT2D eigenvalue weighted by Crippen LogP contribution is 2.36. The van der Waals surface area contributed by atoms with Gasteiger partial charge in [0, 0.05) is 30.9 Å². The molecule has 1 unspecified atom stereocenters. The van der Waals surface area contributed by atoms with Crippen LogP contribution in [0, 0.1) is 0 Å². The Hall–Kier alpha value is -1.61. The molecule has 0 amide bonds. The quantitative estimate of drug-likeness (QED) is 0.895. The highest BCUT2D eigenvalue weighted by Gasteiger charge is 2.35. The van der Waals surface area contributed by atoms with Gasteiger partial charge in [-0.1, -0.05) is 24.3 Å². The van der Waals surface area contributed by atoms with Gasteiger partial charge < -0.3 is 10.3 Å². The van der Waals surface area contributed by atoms with Crippen LogP contribution in [0.3, 0.4) is 0 Å². The number of rotatable bonds is 3. The van der Waals surface area contributed by atoms with Gasteiger partial charge in [0.2, 0.25) is 0 Å². The maximum absolute atomic E-state index is 6.63. The minimum atomic E-state index is -0.241. The zero-order valence-electron chi connectivity index (χ0n) is 10.8. The lowest BCUT2D eigenvalue weighted by Crippen LogP contribution is -2.37. The van der Waals surface area contributed by atoms with Crippen LogP contribution in [0.4, 0.5) is 0 Å². The maximum atomic E-state index is 6.63. The van der Waals surface area contributed by atoms with Crippen molar-refractivity contribution in [3.63, 3.8) is 0 Å². The van der Waals surface area contributed by atoms with Crippen molar-refractivity contribution in [2.75, 3.05) is 0 Å². The third-order valence-corrected chi connectivity index (χ3v) is 4.01. The van der Waals surface area contributed by atoms with Crippen LogP contribution in [0.1, 0.15) is 30.3 Å². The summed E-state index contributed by atoms with van der Waals surface area (Å²) in [7, 11) is 0. The highest BCUT2D eigenvalue weighted by atomic mass is 15.1. The Labute approximate surface area is 108 Å². The summed E-state index contributed by atoms with van der Waals surface area (Å²) < 4.78 is 2.18. The van der Waals surface area contributed by atoms with Gasteiger partial charge in [0.15, 0.2) is 0 Å². The lowest BCUT2D eigenvalue weighted by atomic mass is 9.89. The number of aromatic nitrogens is 2. The first-order valence-corrected chi connectivity index (χ1v) is 6.60. The van der Waals surface area contributed by atoms with Crippen LogP contribution in [0.25, 0.3) is 0 Å². The van der Waals surface area contributed by atoms with Gasteiger partial charge in [0.25, 0.3) is 0 Å². The van der Waals surface area contributed by atoms with E-state index in [0.717, 1.165) is 31.6 Å². The minimum absolute atomic E-state index is 0.241. The molecule has 0 radical (unpaired) electrons. The zero-order valence-corrected chi connectivity index (χ0v) is 10.8. The maximum Gasteiger partial charge on any atom is 0.110 e. The summed E-state index contributed by atoms with van der Waals surface area (Å²) in [6, 6.07) is 8.54. The van der Waals surface area contributed by atoms with Gasteiger partial charge in [0.1, 0.15) is 5.82 Å². The molecule has 0 fully saturated rings. The summed E-state index contributed by atoms with van der Waals surface area (Å²) in [6.07, 6.45) is 6.82. The van der Waals surface area contributed by atoms with Crippen LogP contribution < -0.4 is 5.73 Å². The fraction of sp³-hybridized carbons (Fsp3) is 0.400. The predicted octanol–water partition coefficient (Wildman–Crippen LogP) is 2.25. The first-order chi connectivity index (χ1) is 8.73. The molecular weight excluding hydrogens is 222 g/mol. The van der Waals surface area contributed by atoms with Gasteiger partial charge in [-0.3, -0.25) is 0 Å². The molecule has 2 N–H and O–H groups in total. The van der Waals surface area contributed by atoms with E-state index >= 15 is 0 Å². The Bertz CT molecular complexity index is 558. The number of benzene rings is 1. The van der Waals surface area contributed by atoms with Gasteiger partial charge in [-0.25, -0.2) is 4.98 Å². The lowest BCUT2D eigenvalue weighted by Gasteiger charge is -2.25. The molecule has 2 aromatic rings. The first-order valence-electron chi connectivity index (χ1n) is 6.60. The fourth-order valence-corrected chi connectivity index (χ4v) is 2.98. The van der Waals surface area contributed by atoms with E-state index in [1.807, 2.05) is 12.4 Å². The summed E-state index contributed by atoms with van der Waals surface area (Å²) in [4.78, 5) is 4.45. The number of imidazole rings is 1. The van der Waals surface area contributed by atoms with E-state index in [1.54, 1.807) is 0 Å². The van der Waals surface area contributed by atoms with Crippen LogP contribution >= 0.6 is 0 Å². The van der Waals surface area contributed by atoms with Crippen molar-refractivity contribution < 1.29 is 0 Å².